The van der Waals surface area contributed by atoms with Crippen LogP contribution in [-0.4, -0.2) is 6.04 Å². The van der Waals surface area contributed by atoms with Gasteiger partial charge in [0.15, 0.2) is 0 Å². The number of nitrogens with one attached hydrogen (secondary N) is 1. The van der Waals surface area contributed by atoms with Crippen molar-refractivity contribution in [3.63, 3.8) is 0 Å². The molecule has 2 nitrogen and oxygen atoms in total. The fourth-order valence-corrected chi connectivity index (χ4v) is 4.28. The van der Waals surface area contributed by atoms with Crippen molar-refractivity contribution in [2.75, 3.05) is 0 Å². The molecule has 3 aromatic carbocycles. The summed E-state index contributed by atoms with van der Waals surface area (Å²) >= 11 is 0. The number of ether oxygens (including phenoxy) is 1. The van der Waals surface area contributed by atoms with Crippen LogP contribution in [-0.2, 0) is 13.2 Å². The third kappa shape index (κ3) is 5.96. The van der Waals surface area contributed by atoms with Crippen LogP contribution in [0.1, 0.15) is 56.1 Å². The number of hydrogen-bond acceptors (Lipinski definition) is 2. The lowest BCUT2D eigenvalue weighted by Gasteiger charge is -2.22. The quantitative estimate of drug-likeness (QED) is 0.449. The van der Waals surface area contributed by atoms with Gasteiger partial charge in [-0.05, 0) is 47.4 Å². The maximum Gasteiger partial charge on any atom is 0.124 e. The van der Waals surface area contributed by atoms with E-state index in [1.54, 1.807) is 12.1 Å². The van der Waals surface area contributed by atoms with Gasteiger partial charge in [0.2, 0.25) is 0 Å². The van der Waals surface area contributed by atoms with Crippen molar-refractivity contribution in [2.45, 2.75) is 64.1 Å². The van der Waals surface area contributed by atoms with Gasteiger partial charge in [0, 0.05) is 18.2 Å². The van der Waals surface area contributed by atoms with Crippen LogP contribution in [0.3, 0.4) is 0 Å². The minimum Gasteiger partial charge on any atom is -0.489 e. The number of fused-ring (bicyclic) bond motifs is 1. The van der Waals surface area contributed by atoms with Crippen molar-refractivity contribution in [2.24, 2.45) is 0 Å². The Bertz CT molecular complexity index is 920. The van der Waals surface area contributed by atoms with Gasteiger partial charge in [-0.3, -0.25) is 0 Å². The lowest BCUT2D eigenvalue weighted by Crippen LogP contribution is -2.29. The van der Waals surface area contributed by atoms with E-state index in [9.17, 15) is 4.39 Å². The number of halogens is 2. The molecule has 30 heavy (non-hydrogen) atoms. The summed E-state index contributed by atoms with van der Waals surface area (Å²) in [5.74, 6) is 0.690. The highest BCUT2D eigenvalue weighted by atomic mass is 35.5. The zero-order valence-electron chi connectivity index (χ0n) is 17.4. The standard InChI is InChI=1S/C26H30FNO.ClH/c27-22-15-12-20(13-16-22)19-29-26-17-14-21-8-6-7-11-24(21)25(26)18-28-23-9-4-2-1-3-5-10-23;/h6-8,11-17,23,28H,1-5,9-10,18-19H2;1H. The maximum absolute atomic E-state index is 13.2. The summed E-state index contributed by atoms with van der Waals surface area (Å²) in [7, 11) is 0. The molecule has 4 rings (SSSR count). The highest BCUT2D eigenvalue weighted by Gasteiger charge is 2.14. The summed E-state index contributed by atoms with van der Waals surface area (Å²) in [4.78, 5) is 0. The average molecular weight is 428 g/mol. The number of hydrogen-bond donors (Lipinski definition) is 1. The molecule has 1 aliphatic carbocycles. The zero-order chi connectivity index (χ0) is 19.9. The molecule has 1 saturated carbocycles. The number of rotatable bonds is 6. The summed E-state index contributed by atoms with van der Waals surface area (Å²) in [5, 5.41) is 6.29. The van der Waals surface area contributed by atoms with Crippen molar-refractivity contribution >= 4 is 23.2 Å². The molecule has 0 amide bonds. The molecule has 0 aliphatic heterocycles. The molecule has 0 unspecified atom stereocenters. The van der Waals surface area contributed by atoms with Crippen molar-refractivity contribution in [3.8, 4) is 5.75 Å². The fraction of sp³-hybridized carbons (Fsp3) is 0.385. The van der Waals surface area contributed by atoms with E-state index in [1.807, 2.05) is 0 Å². The molecule has 0 aromatic heterocycles. The van der Waals surface area contributed by atoms with Crippen molar-refractivity contribution < 1.29 is 9.13 Å². The molecule has 0 heterocycles. The van der Waals surface area contributed by atoms with Gasteiger partial charge < -0.3 is 10.1 Å². The van der Waals surface area contributed by atoms with Gasteiger partial charge in [-0.25, -0.2) is 4.39 Å². The largest absolute Gasteiger partial charge is 0.489 e. The zero-order valence-corrected chi connectivity index (χ0v) is 18.2. The normalized spacial score (nSPS) is 15.2. The van der Waals surface area contributed by atoms with Gasteiger partial charge >= 0.3 is 0 Å². The molecule has 0 bridgehead atoms. The molecule has 0 spiro atoms. The van der Waals surface area contributed by atoms with Crippen LogP contribution in [0, 0.1) is 5.82 Å². The highest BCUT2D eigenvalue weighted by Crippen LogP contribution is 2.29. The van der Waals surface area contributed by atoms with E-state index in [2.05, 4.69) is 41.7 Å². The minimum absolute atomic E-state index is 0. The van der Waals surface area contributed by atoms with Gasteiger partial charge in [-0.2, -0.15) is 0 Å². The smallest absolute Gasteiger partial charge is 0.124 e. The van der Waals surface area contributed by atoms with Gasteiger partial charge in [-0.15, -0.1) is 12.4 Å². The monoisotopic (exact) mass is 427 g/mol. The van der Waals surface area contributed by atoms with Crippen LogP contribution in [0.15, 0.2) is 60.7 Å². The Hall–Kier alpha value is -2.10. The van der Waals surface area contributed by atoms with Crippen LogP contribution >= 0.6 is 12.4 Å². The van der Waals surface area contributed by atoms with Crippen LogP contribution in [0.25, 0.3) is 10.8 Å². The predicted octanol–water partition coefficient (Wildman–Crippen LogP) is 7.18. The van der Waals surface area contributed by atoms with Gasteiger partial charge in [0.25, 0.3) is 0 Å². The molecule has 1 aliphatic rings. The second kappa shape index (κ2) is 11.3. The average Bonchev–Trinajstić information content (AvgIpc) is 2.73. The Labute approximate surface area is 185 Å². The van der Waals surface area contributed by atoms with Crippen LogP contribution in [0.5, 0.6) is 5.75 Å². The second-order valence-corrected chi connectivity index (χ2v) is 8.10. The molecule has 0 atom stereocenters. The molecule has 3 aromatic rings. The third-order valence-electron chi connectivity index (χ3n) is 5.98. The molecule has 0 radical (unpaired) electrons. The van der Waals surface area contributed by atoms with E-state index >= 15 is 0 Å². The van der Waals surface area contributed by atoms with Crippen LogP contribution in [0.2, 0.25) is 0 Å². The Balaban J connectivity index is 0.00000256. The SMILES string of the molecule is Cl.Fc1ccc(COc2ccc3ccccc3c2CNC2CCCCCCC2)cc1. The molecule has 1 N–H and O–H groups in total. The Kier molecular flexibility index (Phi) is 8.53. The first-order valence-corrected chi connectivity index (χ1v) is 10.9. The van der Waals surface area contributed by atoms with E-state index in [0.29, 0.717) is 12.6 Å². The predicted molar refractivity (Wildman–Crippen MR) is 125 cm³/mol. The van der Waals surface area contributed by atoms with E-state index in [1.165, 1.54) is 73.4 Å². The summed E-state index contributed by atoms with van der Waals surface area (Å²) in [6.07, 6.45) is 9.27. The van der Waals surface area contributed by atoms with Gasteiger partial charge in [0.1, 0.15) is 18.2 Å². The summed E-state index contributed by atoms with van der Waals surface area (Å²) in [6.45, 7) is 1.25. The fourth-order valence-electron chi connectivity index (χ4n) is 4.28. The summed E-state index contributed by atoms with van der Waals surface area (Å²) in [6, 6.07) is 19.8. The lowest BCUT2D eigenvalue weighted by molar-refractivity contribution is 0.301. The highest BCUT2D eigenvalue weighted by molar-refractivity contribution is 5.87. The third-order valence-corrected chi connectivity index (χ3v) is 5.98. The Morgan fingerprint density at radius 1 is 0.833 bits per heavy atom. The van der Waals surface area contributed by atoms with E-state index < -0.39 is 0 Å². The van der Waals surface area contributed by atoms with Gasteiger partial charge in [-0.1, -0.05) is 74.6 Å². The van der Waals surface area contributed by atoms with E-state index in [0.717, 1.165) is 17.9 Å². The Morgan fingerprint density at radius 3 is 2.30 bits per heavy atom. The first kappa shape index (κ1) is 22.6. The van der Waals surface area contributed by atoms with E-state index in [-0.39, 0.29) is 18.2 Å². The molecule has 1 fully saturated rings. The van der Waals surface area contributed by atoms with Crippen LogP contribution < -0.4 is 10.1 Å². The first-order valence-electron chi connectivity index (χ1n) is 10.9. The summed E-state index contributed by atoms with van der Waals surface area (Å²) in [5.41, 5.74) is 2.19. The van der Waals surface area contributed by atoms with E-state index in [4.69, 9.17) is 4.74 Å². The molecular weight excluding hydrogens is 397 g/mol. The minimum atomic E-state index is -0.219. The second-order valence-electron chi connectivity index (χ2n) is 8.10. The molecule has 4 heteroatoms. The van der Waals surface area contributed by atoms with Crippen molar-refractivity contribution in [1.82, 2.24) is 5.32 Å². The summed E-state index contributed by atoms with van der Waals surface area (Å²) < 4.78 is 19.4. The van der Waals surface area contributed by atoms with Gasteiger partial charge in [0.05, 0.1) is 0 Å². The molecule has 160 valence electrons. The van der Waals surface area contributed by atoms with Crippen molar-refractivity contribution in [1.29, 1.82) is 0 Å². The maximum atomic E-state index is 13.2. The van der Waals surface area contributed by atoms with Crippen molar-refractivity contribution in [3.05, 3.63) is 77.6 Å². The molecule has 0 saturated heterocycles. The lowest BCUT2D eigenvalue weighted by atomic mass is 9.96. The Morgan fingerprint density at radius 2 is 1.53 bits per heavy atom. The number of benzene rings is 3. The first-order chi connectivity index (χ1) is 14.3. The molecular formula is C26H31ClFNO. The topological polar surface area (TPSA) is 21.3 Å². The van der Waals surface area contributed by atoms with Crippen LogP contribution in [0.4, 0.5) is 4.39 Å².